The number of aromatic nitrogens is 5. The van der Waals surface area contributed by atoms with Crippen molar-refractivity contribution < 1.29 is 15.0 Å². The number of carbonyl (C=O) groups excluding carboxylic acids is 1. The van der Waals surface area contributed by atoms with Crippen molar-refractivity contribution in [2.24, 2.45) is 11.7 Å². The van der Waals surface area contributed by atoms with E-state index in [4.69, 9.17) is 15.7 Å². The van der Waals surface area contributed by atoms with Crippen LogP contribution in [0.2, 0.25) is 0 Å². The van der Waals surface area contributed by atoms with Crippen LogP contribution in [0.5, 0.6) is 0 Å². The predicted octanol–water partition coefficient (Wildman–Crippen LogP) is 2.75. The van der Waals surface area contributed by atoms with Crippen molar-refractivity contribution in [1.82, 2.24) is 39.0 Å². The number of allylic oxidation sites excluding steroid dienone is 1. The minimum atomic E-state index is -1.15. The molecule has 0 bridgehead atoms. The van der Waals surface area contributed by atoms with Crippen LogP contribution in [0.25, 0.3) is 16.9 Å². The summed E-state index contributed by atoms with van der Waals surface area (Å²) in [6.07, 6.45) is 10.2. The fourth-order valence-corrected chi connectivity index (χ4v) is 9.70. The van der Waals surface area contributed by atoms with Gasteiger partial charge in [-0.2, -0.15) is 4.98 Å². The fourth-order valence-electron chi connectivity index (χ4n) is 9.70. The zero-order valence-electron chi connectivity index (χ0n) is 32.1. The highest BCUT2D eigenvalue weighted by Gasteiger charge is 2.41. The first-order chi connectivity index (χ1) is 27.1. The molecule has 0 saturated carbocycles. The van der Waals surface area contributed by atoms with Gasteiger partial charge in [0.1, 0.15) is 11.0 Å². The van der Waals surface area contributed by atoms with Crippen LogP contribution in [0.1, 0.15) is 61.4 Å². The van der Waals surface area contributed by atoms with Crippen molar-refractivity contribution in [3.63, 3.8) is 0 Å². The molecule has 5 N–H and O–H groups in total. The number of pyridine rings is 1. The van der Waals surface area contributed by atoms with E-state index in [0.717, 1.165) is 81.9 Å². The van der Waals surface area contributed by atoms with E-state index < -0.39 is 17.6 Å². The molecule has 9 rings (SSSR count). The Bertz CT molecular complexity index is 2270. The van der Waals surface area contributed by atoms with E-state index in [2.05, 4.69) is 49.8 Å². The van der Waals surface area contributed by atoms with Gasteiger partial charge in [-0.3, -0.25) is 19.4 Å². The topological polar surface area (TPSA) is 171 Å². The summed E-state index contributed by atoms with van der Waals surface area (Å²) in [5, 5.41) is 25.1. The number of likely N-dealkylation sites (tertiary alicyclic amines) is 2. The first kappa shape index (κ1) is 36.9. The first-order valence-corrected chi connectivity index (χ1v) is 20.2. The summed E-state index contributed by atoms with van der Waals surface area (Å²) >= 11 is 0. The van der Waals surface area contributed by atoms with Gasteiger partial charge in [0.05, 0.1) is 12.2 Å². The Morgan fingerprint density at radius 1 is 1.09 bits per heavy atom. The zero-order chi connectivity index (χ0) is 38.7. The average molecular weight is 761 g/mol. The maximum atomic E-state index is 13.5. The van der Waals surface area contributed by atoms with Crippen molar-refractivity contribution in [2.75, 3.05) is 44.6 Å². The Morgan fingerprint density at radius 2 is 1.89 bits per heavy atom. The lowest BCUT2D eigenvalue weighted by molar-refractivity contribution is -0.125. The number of nitrogens with one attached hydrogen (secondary N) is 1. The summed E-state index contributed by atoms with van der Waals surface area (Å²) < 4.78 is 3.28. The highest BCUT2D eigenvalue weighted by atomic mass is 16.3. The zero-order valence-corrected chi connectivity index (χ0v) is 32.1. The second kappa shape index (κ2) is 14.6. The lowest BCUT2D eigenvalue weighted by Gasteiger charge is -2.50. The van der Waals surface area contributed by atoms with Gasteiger partial charge < -0.3 is 26.2 Å². The van der Waals surface area contributed by atoms with E-state index in [1.54, 1.807) is 21.6 Å². The second-order valence-electron chi connectivity index (χ2n) is 16.4. The Kier molecular flexibility index (Phi) is 9.65. The SMILES string of the molecule is C=CCn1c(=O)c2cnc(Nc3ccc4c(c3)CCN(C3CCN(CC5CN([C@@H]6CC=C6C(O)C(N)=O)C5)CC3)C4)nc2n1-c1ccc2c(n1)[C@@](O)(CC)CC2. The van der Waals surface area contributed by atoms with Gasteiger partial charge in [-0.05, 0) is 104 Å². The van der Waals surface area contributed by atoms with Crippen molar-refractivity contribution in [3.8, 4) is 5.82 Å². The molecule has 3 atom stereocenters. The van der Waals surface area contributed by atoms with Crippen LogP contribution in [-0.2, 0) is 36.3 Å². The molecular weight excluding hydrogens is 709 g/mol. The number of primary amides is 1. The van der Waals surface area contributed by atoms with Crippen LogP contribution in [0.3, 0.4) is 0 Å². The third-order valence-electron chi connectivity index (χ3n) is 13.1. The van der Waals surface area contributed by atoms with Gasteiger partial charge in [0.15, 0.2) is 17.6 Å². The van der Waals surface area contributed by atoms with Gasteiger partial charge in [0.2, 0.25) is 5.95 Å². The molecule has 14 heteroatoms. The van der Waals surface area contributed by atoms with E-state index in [-0.39, 0.29) is 18.1 Å². The monoisotopic (exact) mass is 760 g/mol. The number of aliphatic hydroxyl groups excluding tert-OH is 1. The number of aryl methyl sites for hydroxylation is 1. The molecule has 5 aliphatic rings. The number of fused-ring (bicyclic) bond motifs is 3. The number of anilines is 2. The molecule has 2 fully saturated rings. The van der Waals surface area contributed by atoms with E-state index in [0.29, 0.717) is 53.3 Å². The lowest BCUT2D eigenvalue weighted by atomic mass is 9.82. The number of aliphatic hydroxyl groups is 2. The molecule has 1 unspecified atom stereocenters. The number of nitrogens with zero attached hydrogens (tertiary/aromatic N) is 8. The van der Waals surface area contributed by atoms with Gasteiger partial charge in [-0.15, -0.1) is 6.58 Å². The van der Waals surface area contributed by atoms with E-state index in [9.17, 15) is 19.8 Å². The number of hydrogen-bond acceptors (Lipinski definition) is 11. The third-order valence-corrected chi connectivity index (χ3v) is 13.1. The quantitative estimate of drug-likeness (QED) is 0.157. The van der Waals surface area contributed by atoms with Crippen LogP contribution >= 0.6 is 0 Å². The van der Waals surface area contributed by atoms with E-state index in [1.807, 2.05) is 25.1 Å². The average Bonchev–Trinajstić information content (AvgIpc) is 3.66. The normalized spacial score (nSPS) is 23.9. The van der Waals surface area contributed by atoms with Gasteiger partial charge in [0.25, 0.3) is 11.5 Å². The third kappa shape index (κ3) is 6.56. The molecule has 0 radical (unpaired) electrons. The van der Waals surface area contributed by atoms with E-state index in [1.165, 1.54) is 24.0 Å². The van der Waals surface area contributed by atoms with Crippen molar-refractivity contribution in [1.29, 1.82) is 0 Å². The minimum Gasteiger partial charge on any atom is -0.384 e. The molecule has 4 aromatic rings. The van der Waals surface area contributed by atoms with E-state index >= 15 is 0 Å². The maximum absolute atomic E-state index is 13.5. The van der Waals surface area contributed by atoms with Crippen molar-refractivity contribution in [2.45, 2.75) is 88.7 Å². The number of rotatable bonds is 12. The molecule has 2 saturated heterocycles. The van der Waals surface area contributed by atoms with Crippen LogP contribution in [0, 0.1) is 5.92 Å². The number of amides is 1. The largest absolute Gasteiger partial charge is 0.384 e. The second-order valence-corrected chi connectivity index (χ2v) is 16.4. The minimum absolute atomic E-state index is 0.164. The molecule has 1 amide bonds. The molecule has 56 heavy (non-hydrogen) atoms. The van der Waals surface area contributed by atoms with Crippen LogP contribution < -0.4 is 16.6 Å². The summed E-state index contributed by atoms with van der Waals surface area (Å²) in [6, 6.07) is 11.1. The summed E-state index contributed by atoms with van der Waals surface area (Å²) in [7, 11) is 0. The van der Waals surface area contributed by atoms with Gasteiger partial charge in [-0.1, -0.05) is 31.2 Å². The highest BCUT2D eigenvalue weighted by molar-refractivity contribution is 5.82. The standard InChI is InChI=1S/C42H52N10O4/c1-3-16-51-40(55)33-21-44-41(47-39(33)52(51)35-10-6-27-11-15-42(56,4-2)37(27)46-35)45-30-7-5-29-25-49(19-12-28(29)20-30)31-13-17-48(18-14-31)22-26-23-50(24-26)34-9-8-32(34)36(53)38(43)54/h3,5-8,10,20-21,26,31,34,36,53,56H,1,4,9,11-19,22-25H2,2H3,(H2,43,54)(H,44,45,47)/t34-,36?,42-/m1/s1. The molecule has 2 aliphatic carbocycles. The fraction of sp³-hybridized carbons (Fsp3) is 0.500. The number of nitrogens with two attached hydrogens (primary N) is 1. The molecule has 6 heterocycles. The molecule has 0 spiro atoms. The van der Waals surface area contributed by atoms with Crippen molar-refractivity contribution in [3.05, 3.63) is 93.6 Å². The summed E-state index contributed by atoms with van der Waals surface area (Å²) in [4.78, 5) is 46.9. The number of hydrogen-bond donors (Lipinski definition) is 4. The Balaban J connectivity index is 0.828. The summed E-state index contributed by atoms with van der Waals surface area (Å²) in [5.74, 6) is 0.873. The van der Waals surface area contributed by atoms with Crippen molar-refractivity contribution >= 4 is 28.6 Å². The number of piperidine rings is 1. The number of carbonyl (C=O) groups is 1. The van der Waals surface area contributed by atoms with Gasteiger partial charge in [-0.25, -0.2) is 19.3 Å². The number of benzene rings is 1. The summed E-state index contributed by atoms with van der Waals surface area (Å²) in [5.41, 5.74) is 10.6. The van der Waals surface area contributed by atoms with Crippen LogP contribution in [-0.4, -0.2) is 113 Å². The van der Waals surface area contributed by atoms with Gasteiger partial charge in [0, 0.05) is 56.7 Å². The Hall–Kier alpha value is -4.73. The maximum Gasteiger partial charge on any atom is 0.278 e. The molecule has 3 aromatic heterocycles. The Morgan fingerprint density at radius 3 is 2.62 bits per heavy atom. The molecule has 14 nitrogen and oxygen atoms in total. The highest BCUT2D eigenvalue weighted by Crippen LogP contribution is 2.39. The molecule has 294 valence electrons. The Labute approximate surface area is 326 Å². The van der Waals surface area contributed by atoms with Gasteiger partial charge >= 0.3 is 0 Å². The molecule has 3 aliphatic heterocycles. The predicted molar refractivity (Wildman–Crippen MR) is 214 cm³/mol. The molecule has 1 aromatic carbocycles. The lowest BCUT2D eigenvalue weighted by Crippen LogP contribution is -2.59. The smallest absolute Gasteiger partial charge is 0.278 e. The van der Waals surface area contributed by atoms with Crippen LogP contribution in [0.15, 0.2) is 65.6 Å². The summed E-state index contributed by atoms with van der Waals surface area (Å²) in [6.45, 7) is 13.4. The van der Waals surface area contributed by atoms with Crippen LogP contribution in [0.4, 0.5) is 11.6 Å². The molecular formula is C42H52N10O4. The first-order valence-electron chi connectivity index (χ1n) is 20.2.